The fourth-order valence-corrected chi connectivity index (χ4v) is 2.67. The van der Waals surface area contributed by atoms with Gasteiger partial charge in [-0.25, -0.2) is 4.68 Å². The van der Waals surface area contributed by atoms with Crippen LogP contribution in [0.25, 0.3) is 11.4 Å². The van der Waals surface area contributed by atoms with E-state index in [4.69, 9.17) is 10.6 Å². The molecule has 0 aliphatic carbocycles. The van der Waals surface area contributed by atoms with Crippen molar-refractivity contribution in [2.45, 2.75) is 38.3 Å². The Labute approximate surface area is 140 Å². The Kier molecular flexibility index (Phi) is 5.30. The Morgan fingerprint density at radius 2 is 1.91 bits per heavy atom. The molecule has 0 unspecified atom stereocenters. The smallest absolute Gasteiger partial charge is 0.316 e. The van der Waals surface area contributed by atoms with E-state index < -0.39 is 0 Å². The quantitative estimate of drug-likeness (QED) is 0.514. The predicted octanol–water partition coefficient (Wildman–Crippen LogP) is 2.61. The molecule has 0 fully saturated rings. The maximum Gasteiger partial charge on any atom is 0.316 e. The lowest BCUT2D eigenvalue weighted by Crippen LogP contribution is -2.14. The molecule has 0 amide bonds. The van der Waals surface area contributed by atoms with Crippen LogP contribution in [0.5, 0.6) is 0 Å². The second kappa shape index (κ2) is 7.04. The first-order chi connectivity index (χ1) is 10.8. The van der Waals surface area contributed by atoms with Gasteiger partial charge in [0.1, 0.15) is 0 Å². The van der Waals surface area contributed by atoms with Gasteiger partial charge in [0.2, 0.25) is 5.16 Å². The Bertz CT molecular complexity index is 674. The molecule has 2 rings (SSSR count). The van der Waals surface area contributed by atoms with Crippen LogP contribution in [0, 0.1) is 0 Å². The topological polar surface area (TPSA) is 83.0 Å². The second-order valence-electron chi connectivity index (χ2n) is 6.10. The van der Waals surface area contributed by atoms with Gasteiger partial charge in [-0.1, -0.05) is 56.8 Å². The van der Waals surface area contributed by atoms with E-state index in [1.54, 1.807) is 6.92 Å². The number of benzene rings is 1. The summed E-state index contributed by atoms with van der Waals surface area (Å²) in [5.74, 6) is 6.47. The number of rotatable bonds is 5. The molecule has 7 heteroatoms. The van der Waals surface area contributed by atoms with Crippen LogP contribution in [-0.4, -0.2) is 33.2 Å². The van der Waals surface area contributed by atoms with Crippen molar-refractivity contribution < 1.29 is 9.53 Å². The minimum atomic E-state index is -0.295. The molecule has 1 heterocycles. The van der Waals surface area contributed by atoms with E-state index in [0.29, 0.717) is 17.6 Å². The molecule has 6 nitrogen and oxygen atoms in total. The van der Waals surface area contributed by atoms with Crippen molar-refractivity contribution in [2.75, 3.05) is 18.2 Å². The van der Waals surface area contributed by atoms with E-state index in [-0.39, 0.29) is 17.1 Å². The van der Waals surface area contributed by atoms with Gasteiger partial charge in [0.05, 0.1) is 12.4 Å². The number of hydrogen-bond acceptors (Lipinski definition) is 6. The summed E-state index contributed by atoms with van der Waals surface area (Å²) in [5, 5.41) is 8.63. The van der Waals surface area contributed by atoms with Gasteiger partial charge in [-0.2, -0.15) is 0 Å². The molecular weight excluding hydrogens is 312 g/mol. The minimum Gasteiger partial charge on any atom is -0.465 e. The monoisotopic (exact) mass is 334 g/mol. The van der Waals surface area contributed by atoms with E-state index in [2.05, 4.69) is 43.1 Å². The van der Waals surface area contributed by atoms with Gasteiger partial charge in [0, 0.05) is 5.56 Å². The Morgan fingerprint density at radius 1 is 1.26 bits per heavy atom. The fraction of sp³-hybridized carbons (Fsp3) is 0.438. The lowest BCUT2D eigenvalue weighted by molar-refractivity contribution is -0.139. The molecule has 0 bridgehead atoms. The number of carbonyl (C=O) groups excluding carboxylic acids is 1. The summed E-state index contributed by atoms with van der Waals surface area (Å²) in [6, 6.07) is 8.09. The summed E-state index contributed by atoms with van der Waals surface area (Å²) in [7, 11) is 0. The maximum atomic E-state index is 11.4. The Balaban J connectivity index is 2.14. The molecule has 0 saturated carbocycles. The molecule has 2 N–H and O–H groups in total. The van der Waals surface area contributed by atoms with E-state index in [1.807, 2.05) is 12.1 Å². The second-order valence-corrected chi connectivity index (χ2v) is 7.04. The molecule has 2 aromatic rings. The van der Waals surface area contributed by atoms with Crippen LogP contribution in [0.15, 0.2) is 29.4 Å². The summed E-state index contributed by atoms with van der Waals surface area (Å²) in [6.45, 7) is 8.63. The van der Waals surface area contributed by atoms with E-state index in [9.17, 15) is 4.79 Å². The summed E-state index contributed by atoms with van der Waals surface area (Å²) in [5.41, 5.74) is 2.22. The van der Waals surface area contributed by atoms with Crippen molar-refractivity contribution in [3.05, 3.63) is 29.8 Å². The largest absolute Gasteiger partial charge is 0.465 e. The summed E-state index contributed by atoms with van der Waals surface area (Å²) < 4.78 is 6.28. The summed E-state index contributed by atoms with van der Waals surface area (Å²) in [6.07, 6.45) is 0. The van der Waals surface area contributed by atoms with Crippen molar-refractivity contribution in [1.82, 2.24) is 14.9 Å². The highest BCUT2D eigenvalue weighted by Crippen LogP contribution is 2.26. The number of carbonyl (C=O) groups is 1. The van der Waals surface area contributed by atoms with Crippen molar-refractivity contribution in [3.63, 3.8) is 0 Å². The van der Waals surface area contributed by atoms with Gasteiger partial charge in [0.15, 0.2) is 5.82 Å². The van der Waals surface area contributed by atoms with Crippen molar-refractivity contribution in [1.29, 1.82) is 0 Å². The molecule has 0 aliphatic heterocycles. The van der Waals surface area contributed by atoms with Crippen LogP contribution in [0.1, 0.15) is 33.3 Å². The third-order valence-electron chi connectivity index (χ3n) is 3.30. The van der Waals surface area contributed by atoms with E-state index >= 15 is 0 Å². The molecule has 23 heavy (non-hydrogen) atoms. The molecule has 1 aromatic carbocycles. The van der Waals surface area contributed by atoms with Crippen LogP contribution in [-0.2, 0) is 14.9 Å². The highest BCUT2D eigenvalue weighted by Gasteiger charge is 2.16. The first-order valence-corrected chi connectivity index (χ1v) is 8.41. The van der Waals surface area contributed by atoms with Gasteiger partial charge in [-0.3, -0.25) is 4.79 Å². The third kappa shape index (κ3) is 4.25. The SMILES string of the molecule is CCOC(=O)CSc1nnc(-c2ccc(C(C)(C)C)cc2)n1N. The third-order valence-corrected chi connectivity index (χ3v) is 4.21. The van der Waals surface area contributed by atoms with E-state index in [1.165, 1.54) is 22.0 Å². The van der Waals surface area contributed by atoms with Gasteiger partial charge in [0.25, 0.3) is 0 Å². The lowest BCUT2D eigenvalue weighted by Gasteiger charge is -2.19. The van der Waals surface area contributed by atoms with Crippen molar-refractivity contribution in [2.24, 2.45) is 0 Å². The summed E-state index contributed by atoms with van der Waals surface area (Å²) in [4.78, 5) is 11.4. The number of nitrogens with zero attached hydrogens (tertiary/aromatic N) is 3. The molecule has 124 valence electrons. The van der Waals surface area contributed by atoms with Crippen molar-refractivity contribution >= 4 is 17.7 Å². The van der Waals surface area contributed by atoms with Gasteiger partial charge < -0.3 is 10.6 Å². The number of esters is 1. The van der Waals surface area contributed by atoms with Crippen LogP contribution in [0.2, 0.25) is 0 Å². The van der Waals surface area contributed by atoms with E-state index in [0.717, 1.165) is 5.56 Å². The zero-order valence-corrected chi connectivity index (χ0v) is 14.7. The lowest BCUT2D eigenvalue weighted by atomic mass is 9.87. The number of ether oxygens (including phenoxy) is 1. The highest BCUT2D eigenvalue weighted by molar-refractivity contribution is 7.99. The first kappa shape index (κ1) is 17.3. The maximum absolute atomic E-state index is 11.4. The molecule has 0 atom stereocenters. The molecular formula is C16H22N4O2S. The summed E-state index contributed by atoms with van der Waals surface area (Å²) >= 11 is 1.21. The number of thioether (sulfide) groups is 1. The molecule has 0 aliphatic rings. The number of hydrogen-bond donors (Lipinski definition) is 1. The number of nitrogen functional groups attached to an aromatic ring is 1. The van der Waals surface area contributed by atoms with Crippen LogP contribution in [0.3, 0.4) is 0 Å². The first-order valence-electron chi connectivity index (χ1n) is 7.42. The predicted molar refractivity (Wildman–Crippen MR) is 91.7 cm³/mol. The Hall–Kier alpha value is -2.02. The Morgan fingerprint density at radius 3 is 2.48 bits per heavy atom. The van der Waals surface area contributed by atoms with Gasteiger partial charge in [-0.15, -0.1) is 10.2 Å². The normalized spacial score (nSPS) is 11.5. The number of aromatic nitrogens is 3. The van der Waals surface area contributed by atoms with Crippen LogP contribution >= 0.6 is 11.8 Å². The van der Waals surface area contributed by atoms with Gasteiger partial charge in [-0.05, 0) is 17.9 Å². The minimum absolute atomic E-state index is 0.0928. The number of nitrogens with two attached hydrogens (primary N) is 1. The van der Waals surface area contributed by atoms with Crippen LogP contribution in [0.4, 0.5) is 0 Å². The highest BCUT2D eigenvalue weighted by atomic mass is 32.2. The molecule has 0 spiro atoms. The van der Waals surface area contributed by atoms with Crippen molar-refractivity contribution in [3.8, 4) is 11.4 Å². The van der Waals surface area contributed by atoms with Crippen LogP contribution < -0.4 is 5.84 Å². The zero-order valence-electron chi connectivity index (χ0n) is 13.9. The molecule has 0 saturated heterocycles. The standard InChI is InChI=1S/C16H22N4O2S/c1-5-22-13(21)10-23-15-19-18-14(20(15)17)11-6-8-12(9-7-11)16(2,3)4/h6-9H,5,10,17H2,1-4H3. The zero-order chi connectivity index (χ0) is 17.0. The van der Waals surface area contributed by atoms with Gasteiger partial charge >= 0.3 is 5.97 Å². The average Bonchev–Trinajstić information content (AvgIpc) is 2.86. The molecule has 1 aromatic heterocycles. The average molecular weight is 334 g/mol. The fourth-order valence-electron chi connectivity index (χ4n) is 2.02. The molecule has 0 radical (unpaired) electrons.